The molecule has 232 valence electrons. The van der Waals surface area contributed by atoms with Gasteiger partial charge in [-0.15, -0.1) is 0 Å². The molecule has 0 spiro atoms. The van der Waals surface area contributed by atoms with E-state index in [2.05, 4.69) is 33.8 Å². The van der Waals surface area contributed by atoms with E-state index in [-0.39, 0.29) is 17.5 Å². The van der Waals surface area contributed by atoms with Crippen molar-refractivity contribution in [3.05, 3.63) is 58.0 Å². The number of aromatic nitrogens is 1. The van der Waals surface area contributed by atoms with E-state index in [1.807, 2.05) is 11.0 Å². The van der Waals surface area contributed by atoms with Crippen LogP contribution in [0.2, 0.25) is 0 Å². The molecule has 1 N–H and O–H groups in total. The lowest BCUT2D eigenvalue weighted by molar-refractivity contribution is -0.376. The molecule has 13 heteroatoms. The quantitative estimate of drug-likeness (QED) is 0.432. The Kier molecular flexibility index (Phi) is 8.42. The first-order chi connectivity index (χ1) is 19.7. The van der Waals surface area contributed by atoms with Gasteiger partial charge in [0.25, 0.3) is 5.60 Å². The molecule has 0 aliphatic carbocycles. The molecule has 1 aromatic heterocycles. The third-order valence-corrected chi connectivity index (χ3v) is 8.60. The van der Waals surface area contributed by atoms with Gasteiger partial charge in [-0.3, -0.25) is 4.90 Å². The van der Waals surface area contributed by atoms with Crippen molar-refractivity contribution < 1.29 is 36.2 Å². The lowest BCUT2D eigenvalue weighted by atomic mass is 9.88. The average Bonchev–Trinajstić information content (AvgIpc) is 3.57. The maximum absolute atomic E-state index is 13.5. The second-order valence-corrected chi connectivity index (χ2v) is 11.5. The minimum Gasteiger partial charge on any atom is -0.640 e. The summed E-state index contributed by atoms with van der Waals surface area (Å²) in [6, 6.07) is 7.58. The number of rotatable bonds is 8. The summed E-state index contributed by atoms with van der Waals surface area (Å²) in [6.45, 7) is 10.0. The van der Waals surface area contributed by atoms with E-state index in [0.717, 1.165) is 31.8 Å². The van der Waals surface area contributed by atoms with Crippen LogP contribution in [-0.2, 0) is 24.0 Å². The molecule has 0 saturated carbocycles. The molecule has 2 saturated heterocycles. The molecular formula is C29H36F6N5O2-. The molecule has 1 atom stereocenters. The van der Waals surface area contributed by atoms with Gasteiger partial charge in [-0.1, -0.05) is 50.2 Å². The first-order valence-electron chi connectivity index (χ1n) is 14.2. The summed E-state index contributed by atoms with van der Waals surface area (Å²) in [5.74, 6) is 1.26. The Morgan fingerprint density at radius 3 is 2.36 bits per heavy atom. The summed E-state index contributed by atoms with van der Waals surface area (Å²) < 4.78 is 86.9. The number of halogens is 6. The Bertz CT molecular complexity index is 1250. The Hall–Kier alpha value is -2.61. The molecule has 4 heterocycles. The van der Waals surface area contributed by atoms with Gasteiger partial charge in [-0.25, -0.2) is 4.98 Å². The average molecular weight is 601 g/mol. The molecule has 2 fully saturated rings. The standard InChI is InChI=1S/C29H36F6N5O2/c1-3-4-20-16-25(36-17-23(20)27(41,28(30,31)32)29(33,34)35)40-12-10-38(11-13-40)8-9-39-18-26(2,37-19-39)22-5-6-24-21(15-22)7-14-42-24/h5-6,15-17,41H,3-4,7-14,18-19H2,1-2H3/q-1. The number of anilines is 1. The molecule has 0 amide bonds. The maximum Gasteiger partial charge on any atom is 0.430 e. The Morgan fingerprint density at radius 1 is 1.00 bits per heavy atom. The van der Waals surface area contributed by atoms with E-state index in [9.17, 15) is 31.4 Å². The van der Waals surface area contributed by atoms with Gasteiger partial charge in [0, 0.05) is 57.4 Å². The summed E-state index contributed by atoms with van der Waals surface area (Å²) in [5.41, 5.74) is -4.33. The molecule has 0 radical (unpaired) electrons. The predicted octanol–water partition coefficient (Wildman–Crippen LogP) is 4.97. The summed E-state index contributed by atoms with van der Waals surface area (Å²) in [7, 11) is 0. The number of aliphatic hydroxyl groups is 1. The zero-order valence-electron chi connectivity index (χ0n) is 23.7. The van der Waals surface area contributed by atoms with E-state index in [0.29, 0.717) is 57.9 Å². The Morgan fingerprint density at radius 2 is 1.69 bits per heavy atom. The highest BCUT2D eigenvalue weighted by molar-refractivity contribution is 5.47. The van der Waals surface area contributed by atoms with Gasteiger partial charge in [0.05, 0.1) is 6.61 Å². The molecule has 1 aromatic carbocycles. The van der Waals surface area contributed by atoms with Crippen LogP contribution in [-0.4, -0.2) is 91.3 Å². The van der Waals surface area contributed by atoms with E-state index in [1.165, 1.54) is 17.2 Å². The van der Waals surface area contributed by atoms with Gasteiger partial charge in [0.15, 0.2) is 0 Å². The summed E-state index contributed by atoms with van der Waals surface area (Å²) in [4.78, 5) is 10.4. The highest BCUT2D eigenvalue weighted by atomic mass is 19.4. The minimum atomic E-state index is -5.95. The van der Waals surface area contributed by atoms with Crippen molar-refractivity contribution in [2.45, 2.75) is 56.6 Å². The number of piperazine rings is 1. The monoisotopic (exact) mass is 600 g/mol. The molecule has 2 aromatic rings. The molecule has 0 bridgehead atoms. The van der Waals surface area contributed by atoms with Crippen LogP contribution in [0.15, 0.2) is 30.5 Å². The first-order valence-corrected chi connectivity index (χ1v) is 14.2. The first kappa shape index (κ1) is 30.8. The van der Waals surface area contributed by atoms with Gasteiger partial charge in [-0.2, -0.15) is 26.3 Å². The van der Waals surface area contributed by atoms with Crippen LogP contribution in [0.3, 0.4) is 0 Å². The number of pyridine rings is 1. The number of hydrogen-bond donors (Lipinski definition) is 1. The van der Waals surface area contributed by atoms with Crippen LogP contribution in [0.25, 0.3) is 5.32 Å². The third kappa shape index (κ3) is 5.80. The number of nitrogens with zero attached hydrogens (tertiary/aromatic N) is 5. The van der Waals surface area contributed by atoms with Gasteiger partial charge < -0.3 is 25.0 Å². The van der Waals surface area contributed by atoms with Crippen molar-refractivity contribution >= 4 is 5.82 Å². The highest BCUT2D eigenvalue weighted by Gasteiger charge is 2.72. The van der Waals surface area contributed by atoms with E-state index < -0.39 is 23.5 Å². The van der Waals surface area contributed by atoms with Crippen LogP contribution < -0.4 is 9.64 Å². The SMILES string of the molecule is CCCc1cc(N2CCN(CCN3C[N-]C(C)(c4ccc5c(c4)CCO5)C3)CC2)ncc1C(O)(C(F)(F)F)C(F)(F)F. The van der Waals surface area contributed by atoms with Crippen LogP contribution in [0.1, 0.15) is 42.5 Å². The fraction of sp³-hybridized carbons (Fsp3) is 0.621. The second kappa shape index (κ2) is 11.5. The topological polar surface area (TPSA) is 66.2 Å². The number of hydrogen-bond acceptors (Lipinski definition) is 6. The van der Waals surface area contributed by atoms with Crippen molar-refractivity contribution in [3.8, 4) is 5.75 Å². The number of fused-ring (bicyclic) bond motifs is 1. The largest absolute Gasteiger partial charge is 0.640 e. The molecular weight excluding hydrogens is 564 g/mol. The van der Waals surface area contributed by atoms with Gasteiger partial charge >= 0.3 is 12.4 Å². The number of ether oxygens (including phenoxy) is 1. The summed E-state index contributed by atoms with van der Waals surface area (Å²) >= 11 is 0. The van der Waals surface area contributed by atoms with Crippen LogP contribution in [0, 0.1) is 0 Å². The maximum atomic E-state index is 13.5. The second-order valence-electron chi connectivity index (χ2n) is 11.5. The van der Waals surface area contributed by atoms with E-state index >= 15 is 0 Å². The molecule has 3 aliphatic heterocycles. The molecule has 5 rings (SSSR count). The lowest BCUT2D eigenvalue weighted by Gasteiger charge is -2.38. The van der Waals surface area contributed by atoms with E-state index in [1.54, 1.807) is 6.92 Å². The summed E-state index contributed by atoms with van der Waals surface area (Å²) in [6.07, 6.45) is -10.2. The Balaban J connectivity index is 1.18. The van der Waals surface area contributed by atoms with Gasteiger partial charge in [-0.05, 0) is 36.2 Å². The fourth-order valence-corrected chi connectivity index (χ4v) is 6.05. The number of aryl methyl sites for hydroxylation is 1. The number of benzene rings is 1. The zero-order chi connectivity index (χ0) is 30.3. The summed E-state index contributed by atoms with van der Waals surface area (Å²) in [5, 5.41) is 14.9. The van der Waals surface area contributed by atoms with Crippen LogP contribution in [0.4, 0.5) is 32.2 Å². The van der Waals surface area contributed by atoms with Crippen molar-refractivity contribution in [1.29, 1.82) is 0 Å². The van der Waals surface area contributed by atoms with Crippen molar-refractivity contribution in [1.82, 2.24) is 14.8 Å². The highest BCUT2D eigenvalue weighted by Crippen LogP contribution is 2.51. The van der Waals surface area contributed by atoms with Crippen molar-refractivity contribution in [2.24, 2.45) is 0 Å². The van der Waals surface area contributed by atoms with Crippen LogP contribution in [0.5, 0.6) is 5.75 Å². The third-order valence-electron chi connectivity index (χ3n) is 8.60. The van der Waals surface area contributed by atoms with Crippen LogP contribution >= 0.6 is 0 Å². The van der Waals surface area contributed by atoms with Gasteiger partial charge in [0.1, 0.15) is 11.6 Å². The lowest BCUT2D eigenvalue weighted by Crippen LogP contribution is -2.54. The molecule has 3 aliphatic rings. The Labute approximate surface area is 241 Å². The van der Waals surface area contributed by atoms with Crippen molar-refractivity contribution in [2.75, 3.05) is 64.0 Å². The smallest absolute Gasteiger partial charge is 0.430 e. The fourth-order valence-electron chi connectivity index (χ4n) is 6.05. The molecule has 7 nitrogen and oxygen atoms in total. The van der Waals surface area contributed by atoms with Gasteiger partial charge in [0.2, 0.25) is 0 Å². The zero-order valence-corrected chi connectivity index (χ0v) is 23.7. The van der Waals surface area contributed by atoms with E-state index in [4.69, 9.17) is 10.1 Å². The molecule has 42 heavy (non-hydrogen) atoms. The minimum absolute atomic E-state index is 0.0572. The van der Waals surface area contributed by atoms with Crippen molar-refractivity contribution in [3.63, 3.8) is 0 Å². The predicted molar refractivity (Wildman–Crippen MR) is 146 cm³/mol. The number of alkyl halides is 6. The normalized spacial score (nSPS) is 22.5. The molecule has 1 unspecified atom stereocenters.